The molecule has 1 atom stereocenters. The van der Waals surface area contributed by atoms with Crippen LogP contribution in [0.3, 0.4) is 0 Å². The number of hydrogen-bond acceptors (Lipinski definition) is 5. The molecule has 2 heterocycles. The van der Waals surface area contributed by atoms with Gasteiger partial charge in [-0.05, 0) is 43.0 Å². The Kier molecular flexibility index (Phi) is 5.81. The molecule has 0 bridgehead atoms. The molecule has 7 heteroatoms. The quantitative estimate of drug-likeness (QED) is 0.588. The highest BCUT2D eigenvalue weighted by Gasteiger charge is 2.33. The molecule has 1 aliphatic rings. The summed E-state index contributed by atoms with van der Waals surface area (Å²) < 4.78 is 10.9. The number of nitrogens with zero attached hydrogens (tertiary/aromatic N) is 3. The van der Waals surface area contributed by atoms with Crippen LogP contribution in [0.2, 0.25) is 5.02 Å². The standard InChI is InChI=1S/C22H22ClN3O3/c1-28-19-10-3-2-6-15(19)11-12-20(27)26-13-5-9-18(26)22-24-21(25-29-22)16-7-4-8-17(23)14-16/h2-4,6-8,10,14,18H,5,9,11-13H2,1H3/t18-/m0/s1. The third-order valence-corrected chi connectivity index (χ3v) is 5.42. The molecule has 0 aliphatic carbocycles. The normalized spacial score (nSPS) is 16.2. The molecular formula is C22H22ClN3O3. The zero-order valence-corrected chi connectivity index (χ0v) is 16.9. The van der Waals surface area contributed by atoms with E-state index in [0.29, 0.717) is 36.1 Å². The Morgan fingerprint density at radius 3 is 2.97 bits per heavy atom. The van der Waals surface area contributed by atoms with Crippen LogP contribution < -0.4 is 4.74 Å². The van der Waals surface area contributed by atoms with Gasteiger partial charge >= 0.3 is 0 Å². The van der Waals surface area contributed by atoms with Gasteiger partial charge in [0, 0.05) is 23.6 Å². The van der Waals surface area contributed by atoms with Gasteiger partial charge in [0.15, 0.2) is 0 Å². The highest BCUT2D eigenvalue weighted by atomic mass is 35.5. The molecule has 1 fully saturated rings. The van der Waals surface area contributed by atoms with E-state index in [9.17, 15) is 4.79 Å². The van der Waals surface area contributed by atoms with Gasteiger partial charge in [-0.2, -0.15) is 4.98 Å². The van der Waals surface area contributed by atoms with E-state index in [1.54, 1.807) is 19.2 Å². The highest BCUT2D eigenvalue weighted by Crippen LogP contribution is 2.33. The fourth-order valence-electron chi connectivity index (χ4n) is 3.73. The third kappa shape index (κ3) is 4.27. The van der Waals surface area contributed by atoms with E-state index in [0.717, 1.165) is 29.7 Å². The molecular weight excluding hydrogens is 390 g/mol. The van der Waals surface area contributed by atoms with Gasteiger partial charge in [0.1, 0.15) is 11.8 Å². The number of ether oxygens (including phenoxy) is 1. The maximum absolute atomic E-state index is 12.9. The lowest BCUT2D eigenvalue weighted by Gasteiger charge is -2.22. The maximum atomic E-state index is 12.9. The number of aryl methyl sites for hydroxylation is 1. The lowest BCUT2D eigenvalue weighted by molar-refractivity contribution is -0.132. The van der Waals surface area contributed by atoms with Crippen molar-refractivity contribution in [3.8, 4) is 17.1 Å². The Balaban J connectivity index is 1.46. The fourth-order valence-corrected chi connectivity index (χ4v) is 3.92. The number of methoxy groups -OCH3 is 1. The second-order valence-electron chi connectivity index (χ2n) is 7.02. The van der Waals surface area contributed by atoms with E-state index in [1.807, 2.05) is 41.3 Å². The first-order valence-electron chi connectivity index (χ1n) is 9.66. The first kappa shape index (κ1) is 19.5. The van der Waals surface area contributed by atoms with E-state index < -0.39 is 0 Å². The van der Waals surface area contributed by atoms with Crippen molar-refractivity contribution >= 4 is 17.5 Å². The number of rotatable bonds is 6. The monoisotopic (exact) mass is 411 g/mol. The van der Waals surface area contributed by atoms with Gasteiger partial charge in [-0.1, -0.05) is 47.1 Å². The van der Waals surface area contributed by atoms with Gasteiger partial charge in [-0.3, -0.25) is 4.79 Å². The number of carbonyl (C=O) groups excluding carboxylic acids is 1. The van der Waals surface area contributed by atoms with Crippen molar-refractivity contribution < 1.29 is 14.1 Å². The van der Waals surface area contributed by atoms with Crippen molar-refractivity contribution in [1.82, 2.24) is 15.0 Å². The zero-order chi connectivity index (χ0) is 20.2. The molecule has 0 spiro atoms. The van der Waals surface area contributed by atoms with E-state index >= 15 is 0 Å². The lowest BCUT2D eigenvalue weighted by Crippen LogP contribution is -2.30. The average Bonchev–Trinajstić information content (AvgIpc) is 3.41. The summed E-state index contributed by atoms with van der Waals surface area (Å²) in [5, 5.41) is 4.70. The molecule has 0 unspecified atom stereocenters. The number of carbonyl (C=O) groups is 1. The molecule has 29 heavy (non-hydrogen) atoms. The van der Waals surface area contributed by atoms with E-state index in [1.165, 1.54) is 0 Å². The number of aromatic nitrogens is 2. The summed E-state index contributed by atoms with van der Waals surface area (Å²) >= 11 is 6.05. The molecule has 0 radical (unpaired) electrons. The Morgan fingerprint density at radius 1 is 1.28 bits per heavy atom. The van der Waals surface area contributed by atoms with Crippen molar-refractivity contribution in [3.05, 3.63) is 65.0 Å². The molecule has 1 saturated heterocycles. The minimum absolute atomic E-state index is 0.0842. The number of hydrogen-bond donors (Lipinski definition) is 0. The molecule has 6 nitrogen and oxygen atoms in total. The van der Waals surface area contributed by atoms with Crippen LogP contribution in [0.4, 0.5) is 0 Å². The van der Waals surface area contributed by atoms with Crippen LogP contribution in [0.15, 0.2) is 53.1 Å². The van der Waals surface area contributed by atoms with Crippen LogP contribution in [0, 0.1) is 0 Å². The van der Waals surface area contributed by atoms with Crippen LogP contribution >= 0.6 is 11.6 Å². The molecule has 2 aromatic carbocycles. The summed E-state index contributed by atoms with van der Waals surface area (Å²) in [6.07, 6.45) is 2.77. The van der Waals surface area contributed by atoms with Crippen molar-refractivity contribution in [2.75, 3.05) is 13.7 Å². The topological polar surface area (TPSA) is 68.5 Å². The summed E-state index contributed by atoms with van der Waals surface area (Å²) in [6.45, 7) is 0.699. The predicted octanol–water partition coefficient (Wildman–Crippen LogP) is 4.69. The number of benzene rings is 2. The van der Waals surface area contributed by atoms with Gasteiger partial charge in [-0.15, -0.1) is 0 Å². The van der Waals surface area contributed by atoms with Gasteiger partial charge in [-0.25, -0.2) is 0 Å². The molecule has 0 N–H and O–H groups in total. The molecule has 1 amide bonds. The summed E-state index contributed by atoms with van der Waals surface area (Å²) in [5.74, 6) is 1.85. The number of halogens is 1. The number of para-hydroxylation sites is 1. The third-order valence-electron chi connectivity index (χ3n) is 5.18. The van der Waals surface area contributed by atoms with Gasteiger partial charge in [0.05, 0.1) is 7.11 Å². The minimum atomic E-state index is -0.180. The summed E-state index contributed by atoms with van der Waals surface area (Å²) in [7, 11) is 1.64. The fraction of sp³-hybridized carbons (Fsp3) is 0.318. The predicted molar refractivity (Wildman–Crippen MR) is 110 cm³/mol. The Labute approximate surface area is 174 Å². The zero-order valence-electron chi connectivity index (χ0n) is 16.2. The van der Waals surface area contributed by atoms with E-state index in [4.69, 9.17) is 20.9 Å². The first-order valence-corrected chi connectivity index (χ1v) is 10.0. The Bertz CT molecular complexity index is 1000. The SMILES string of the molecule is COc1ccccc1CCC(=O)N1CCC[C@H]1c1nc(-c2cccc(Cl)c2)no1. The van der Waals surface area contributed by atoms with E-state index in [-0.39, 0.29) is 11.9 Å². The second-order valence-corrected chi connectivity index (χ2v) is 7.46. The average molecular weight is 412 g/mol. The first-order chi connectivity index (χ1) is 14.2. The van der Waals surface area contributed by atoms with Crippen LogP contribution in [0.1, 0.15) is 36.8 Å². The number of amides is 1. The molecule has 1 aliphatic heterocycles. The highest BCUT2D eigenvalue weighted by molar-refractivity contribution is 6.30. The Morgan fingerprint density at radius 2 is 2.14 bits per heavy atom. The van der Waals surface area contributed by atoms with Crippen LogP contribution in [0.5, 0.6) is 5.75 Å². The van der Waals surface area contributed by atoms with E-state index in [2.05, 4.69) is 10.1 Å². The van der Waals surface area contributed by atoms with Crippen LogP contribution in [-0.4, -0.2) is 34.6 Å². The van der Waals surface area contributed by atoms with Crippen molar-refractivity contribution in [3.63, 3.8) is 0 Å². The van der Waals surface area contributed by atoms with Crippen molar-refractivity contribution in [1.29, 1.82) is 0 Å². The van der Waals surface area contributed by atoms with Crippen LogP contribution in [0.25, 0.3) is 11.4 Å². The molecule has 4 rings (SSSR count). The summed E-state index contributed by atoms with van der Waals surface area (Å²) in [4.78, 5) is 19.3. The van der Waals surface area contributed by atoms with Gasteiger partial charge in [0.2, 0.25) is 17.6 Å². The molecule has 1 aromatic heterocycles. The van der Waals surface area contributed by atoms with Crippen molar-refractivity contribution in [2.24, 2.45) is 0 Å². The summed E-state index contributed by atoms with van der Waals surface area (Å²) in [6, 6.07) is 14.9. The smallest absolute Gasteiger partial charge is 0.249 e. The molecule has 150 valence electrons. The molecule has 0 saturated carbocycles. The van der Waals surface area contributed by atoms with Crippen LogP contribution in [-0.2, 0) is 11.2 Å². The van der Waals surface area contributed by atoms with Gasteiger partial charge < -0.3 is 14.2 Å². The van der Waals surface area contributed by atoms with Crippen molar-refractivity contribution in [2.45, 2.75) is 31.7 Å². The second kappa shape index (κ2) is 8.66. The lowest BCUT2D eigenvalue weighted by atomic mass is 10.1. The van der Waals surface area contributed by atoms with Gasteiger partial charge in [0.25, 0.3) is 0 Å². The largest absolute Gasteiger partial charge is 0.496 e. The summed E-state index contributed by atoms with van der Waals surface area (Å²) in [5.41, 5.74) is 1.82. The minimum Gasteiger partial charge on any atom is -0.496 e. The Hall–Kier alpha value is -2.86. The maximum Gasteiger partial charge on any atom is 0.249 e. The molecule has 3 aromatic rings. The number of likely N-dealkylation sites (tertiary alicyclic amines) is 1.